The lowest BCUT2D eigenvalue weighted by Gasteiger charge is -2.04. The molecule has 13 heavy (non-hydrogen) atoms. The van der Waals surface area contributed by atoms with Gasteiger partial charge in [0.05, 0.1) is 0 Å². The first-order valence-corrected chi connectivity index (χ1v) is 5.94. The molecule has 0 radical (unpaired) electrons. The van der Waals surface area contributed by atoms with Crippen molar-refractivity contribution < 1.29 is 17.5 Å². The SMILES string of the molecule is Cc1cc(C)c(O)c([S+](C)C)c1.[Cl-]. The van der Waals surface area contributed by atoms with Crippen molar-refractivity contribution in [3.63, 3.8) is 0 Å². The van der Waals surface area contributed by atoms with Gasteiger partial charge in [-0.2, -0.15) is 0 Å². The van der Waals surface area contributed by atoms with E-state index >= 15 is 0 Å². The van der Waals surface area contributed by atoms with Gasteiger partial charge in [0.15, 0.2) is 10.6 Å². The molecule has 74 valence electrons. The lowest BCUT2D eigenvalue weighted by molar-refractivity contribution is -0.00000378. The van der Waals surface area contributed by atoms with Gasteiger partial charge in [0.25, 0.3) is 0 Å². The largest absolute Gasteiger partial charge is 1.00 e. The fourth-order valence-corrected chi connectivity index (χ4v) is 2.20. The standard InChI is InChI=1S/C10H14OS.ClH/c1-7-5-8(2)10(11)9(6-7)12(3)4;/h5-6H,1-4H3;1H. The van der Waals surface area contributed by atoms with Crippen molar-refractivity contribution in [2.75, 3.05) is 12.5 Å². The molecule has 0 atom stereocenters. The lowest BCUT2D eigenvalue weighted by Crippen LogP contribution is -3.00. The Morgan fingerprint density at radius 2 is 1.69 bits per heavy atom. The van der Waals surface area contributed by atoms with E-state index in [2.05, 4.69) is 25.5 Å². The molecule has 0 fully saturated rings. The van der Waals surface area contributed by atoms with E-state index in [9.17, 15) is 5.11 Å². The highest BCUT2D eigenvalue weighted by atomic mass is 35.5. The quantitative estimate of drug-likeness (QED) is 0.616. The summed E-state index contributed by atoms with van der Waals surface area (Å²) in [5, 5.41) is 9.70. The first-order valence-electron chi connectivity index (χ1n) is 3.90. The van der Waals surface area contributed by atoms with Crippen molar-refractivity contribution in [1.29, 1.82) is 0 Å². The molecule has 0 aliphatic heterocycles. The van der Waals surface area contributed by atoms with Crippen LogP contribution < -0.4 is 12.4 Å². The van der Waals surface area contributed by atoms with E-state index in [0.717, 1.165) is 10.5 Å². The van der Waals surface area contributed by atoms with Crippen molar-refractivity contribution in [2.45, 2.75) is 18.7 Å². The Morgan fingerprint density at radius 1 is 1.15 bits per heavy atom. The van der Waals surface area contributed by atoms with E-state index < -0.39 is 0 Å². The highest BCUT2D eigenvalue weighted by Crippen LogP contribution is 2.27. The van der Waals surface area contributed by atoms with Gasteiger partial charge in [0, 0.05) is 10.9 Å². The molecule has 0 spiro atoms. The average Bonchev–Trinajstić information content (AvgIpc) is 1.96. The summed E-state index contributed by atoms with van der Waals surface area (Å²) in [6.07, 6.45) is 4.24. The molecule has 3 heteroatoms. The summed E-state index contributed by atoms with van der Waals surface area (Å²) in [5.41, 5.74) is 2.20. The Morgan fingerprint density at radius 3 is 2.15 bits per heavy atom. The molecule has 0 amide bonds. The normalized spacial score (nSPS) is 9.92. The minimum absolute atomic E-state index is 0. The summed E-state index contributed by atoms with van der Waals surface area (Å²) in [5.74, 6) is 0.467. The Bertz CT molecular complexity index is 297. The molecule has 0 saturated heterocycles. The van der Waals surface area contributed by atoms with Crippen molar-refractivity contribution in [3.05, 3.63) is 23.3 Å². The number of hydrogen-bond donors (Lipinski definition) is 1. The van der Waals surface area contributed by atoms with Crippen molar-refractivity contribution >= 4 is 10.9 Å². The molecule has 1 rings (SSSR count). The maximum absolute atomic E-state index is 9.70. The number of aryl methyl sites for hydroxylation is 2. The van der Waals surface area contributed by atoms with E-state index in [-0.39, 0.29) is 23.3 Å². The molecule has 1 nitrogen and oxygen atoms in total. The van der Waals surface area contributed by atoms with Crippen LogP contribution in [0.4, 0.5) is 0 Å². The fourth-order valence-electron chi connectivity index (χ4n) is 1.23. The second-order valence-corrected chi connectivity index (χ2v) is 5.32. The Hall–Kier alpha value is -0.340. The smallest absolute Gasteiger partial charge is 0.196 e. The van der Waals surface area contributed by atoms with Crippen LogP contribution in [0.1, 0.15) is 11.1 Å². The van der Waals surface area contributed by atoms with Crippen LogP contribution >= 0.6 is 0 Å². The van der Waals surface area contributed by atoms with E-state index in [1.165, 1.54) is 5.56 Å². The summed E-state index contributed by atoms with van der Waals surface area (Å²) in [7, 11) is 0.139. The van der Waals surface area contributed by atoms with Crippen LogP contribution in [0.2, 0.25) is 0 Å². The van der Waals surface area contributed by atoms with Gasteiger partial charge < -0.3 is 17.5 Å². The summed E-state index contributed by atoms with van der Waals surface area (Å²) in [6, 6.07) is 4.07. The molecule has 0 bridgehead atoms. The van der Waals surface area contributed by atoms with Gasteiger partial charge in [-0.15, -0.1) is 0 Å². The van der Waals surface area contributed by atoms with Gasteiger partial charge in [0.1, 0.15) is 12.5 Å². The van der Waals surface area contributed by atoms with E-state index in [0.29, 0.717) is 5.75 Å². The summed E-state index contributed by atoms with van der Waals surface area (Å²) in [4.78, 5) is 1.08. The van der Waals surface area contributed by atoms with Crippen LogP contribution in [0.25, 0.3) is 0 Å². The summed E-state index contributed by atoms with van der Waals surface area (Å²) >= 11 is 0. The molecule has 0 unspecified atom stereocenters. The highest BCUT2D eigenvalue weighted by molar-refractivity contribution is 7.95. The predicted octanol–water partition coefficient (Wildman–Crippen LogP) is -0.750. The zero-order chi connectivity index (χ0) is 9.30. The van der Waals surface area contributed by atoms with Crippen LogP contribution in [0.15, 0.2) is 17.0 Å². The molecule has 0 heterocycles. The third-order valence-electron chi connectivity index (χ3n) is 1.85. The van der Waals surface area contributed by atoms with E-state index in [1.54, 1.807) is 0 Å². The number of phenols is 1. The third kappa shape index (κ3) is 2.82. The van der Waals surface area contributed by atoms with E-state index in [4.69, 9.17) is 0 Å². The molecule has 1 aromatic rings. The topological polar surface area (TPSA) is 20.2 Å². The van der Waals surface area contributed by atoms with Gasteiger partial charge in [-0.1, -0.05) is 6.07 Å². The summed E-state index contributed by atoms with van der Waals surface area (Å²) < 4.78 is 0. The fraction of sp³-hybridized carbons (Fsp3) is 0.400. The second kappa shape index (κ2) is 4.77. The first kappa shape index (κ1) is 12.7. The van der Waals surface area contributed by atoms with Crippen LogP contribution in [0.3, 0.4) is 0 Å². The zero-order valence-electron chi connectivity index (χ0n) is 8.39. The lowest BCUT2D eigenvalue weighted by atomic mass is 10.1. The molecule has 0 aliphatic carbocycles. The summed E-state index contributed by atoms with van der Waals surface area (Å²) in [6.45, 7) is 4.00. The second-order valence-electron chi connectivity index (χ2n) is 3.25. The van der Waals surface area contributed by atoms with Crippen LogP contribution in [-0.4, -0.2) is 17.6 Å². The van der Waals surface area contributed by atoms with Crippen molar-refractivity contribution in [1.82, 2.24) is 0 Å². The Balaban J connectivity index is 0.00000144. The minimum Gasteiger partial charge on any atom is -1.00 e. The van der Waals surface area contributed by atoms with Gasteiger partial charge in [0.2, 0.25) is 0 Å². The molecule has 1 N–H and O–H groups in total. The number of halogens is 1. The molecule has 1 aromatic carbocycles. The van der Waals surface area contributed by atoms with Gasteiger partial charge in [-0.3, -0.25) is 0 Å². The average molecular weight is 219 g/mol. The number of hydrogen-bond acceptors (Lipinski definition) is 1. The predicted molar refractivity (Wildman–Crippen MR) is 55.1 cm³/mol. The maximum Gasteiger partial charge on any atom is 0.196 e. The van der Waals surface area contributed by atoms with Crippen LogP contribution in [0.5, 0.6) is 5.75 Å². The number of aromatic hydroxyl groups is 1. The third-order valence-corrected chi connectivity index (χ3v) is 3.04. The number of phenolic OH excluding ortho intramolecular Hbond substituents is 1. The van der Waals surface area contributed by atoms with E-state index in [1.807, 2.05) is 13.0 Å². The minimum atomic E-state index is 0. The number of benzene rings is 1. The van der Waals surface area contributed by atoms with Crippen LogP contribution in [0, 0.1) is 13.8 Å². The molecular formula is C10H15ClOS. The van der Waals surface area contributed by atoms with Gasteiger partial charge in [-0.25, -0.2) is 0 Å². The monoisotopic (exact) mass is 218 g/mol. The van der Waals surface area contributed by atoms with Gasteiger partial charge in [-0.05, 0) is 31.0 Å². The zero-order valence-corrected chi connectivity index (χ0v) is 9.96. The molecule has 0 aromatic heterocycles. The Kier molecular flexibility index (Phi) is 4.65. The number of rotatable bonds is 1. The van der Waals surface area contributed by atoms with Crippen LogP contribution in [-0.2, 0) is 10.9 Å². The molecule has 0 saturated carbocycles. The van der Waals surface area contributed by atoms with Gasteiger partial charge >= 0.3 is 0 Å². The maximum atomic E-state index is 9.70. The molecular weight excluding hydrogens is 204 g/mol. The van der Waals surface area contributed by atoms with Crippen molar-refractivity contribution in [3.8, 4) is 5.75 Å². The first-order chi connectivity index (χ1) is 5.52. The van der Waals surface area contributed by atoms with Crippen molar-refractivity contribution in [2.24, 2.45) is 0 Å². The Labute approximate surface area is 88.9 Å². The highest BCUT2D eigenvalue weighted by Gasteiger charge is 2.16. The molecule has 0 aliphatic rings.